The Kier molecular flexibility index (Phi) is 6.51. The van der Waals surface area contributed by atoms with Crippen molar-refractivity contribution in [2.75, 3.05) is 19.6 Å². The Morgan fingerprint density at radius 1 is 1.00 bits per heavy atom. The van der Waals surface area contributed by atoms with E-state index in [4.69, 9.17) is 4.74 Å². The molecule has 0 aromatic rings. The lowest BCUT2D eigenvalue weighted by Gasteiger charge is -2.35. The van der Waals surface area contributed by atoms with Crippen LogP contribution in [0.3, 0.4) is 0 Å². The molecule has 1 heterocycles. The molecule has 2 rings (SSSR count). The third-order valence-electron chi connectivity index (χ3n) is 4.99. The van der Waals surface area contributed by atoms with Crippen LogP contribution in [-0.4, -0.2) is 48.3 Å². The average Bonchev–Trinajstić information content (AvgIpc) is 2.90. The first-order valence-electron chi connectivity index (χ1n) is 9.12. The molecule has 3 nitrogen and oxygen atoms in total. The molecule has 2 aliphatic rings. The van der Waals surface area contributed by atoms with Crippen LogP contribution < -0.4 is 5.32 Å². The second-order valence-corrected chi connectivity index (χ2v) is 7.97. The summed E-state index contributed by atoms with van der Waals surface area (Å²) in [7, 11) is 0. The molecule has 2 atom stereocenters. The van der Waals surface area contributed by atoms with E-state index in [1.165, 1.54) is 51.5 Å². The van der Waals surface area contributed by atoms with Crippen LogP contribution in [0.2, 0.25) is 0 Å². The minimum Gasteiger partial charge on any atom is -0.372 e. The van der Waals surface area contributed by atoms with Gasteiger partial charge in [-0.3, -0.25) is 4.90 Å². The predicted octanol–water partition coefficient (Wildman–Crippen LogP) is 3.58. The molecule has 1 aliphatic carbocycles. The summed E-state index contributed by atoms with van der Waals surface area (Å²) < 4.78 is 6.28. The summed E-state index contributed by atoms with van der Waals surface area (Å²) in [6, 6.07) is 0.819. The summed E-state index contributed by atoms with van der Waals surface area (Å²) in [6.07, 6.45) is 10.4. The van der Waals surface area contributed by atoms with E-state index in [0.717, 1.165) is 19.1 Å². The first-order valence-corrected chi connectivity index (χ1v) is 9.12. The molecule has 1 saturated carbocycles. The molecule has 2 unspecified atom stereocenters. The molecule has 1 N–H and O–H groups in total. The van der Waals surface area contributed by atoms with Crippen molar-refractivity contribution in [3.05, 3.63) is 0 Å². The highest BCUT2D eigenvalue weighted by molar-refractivity contribution is 4.83. The van der Waals surface area contributed by atoms with Crippen LogP contribution in [0.25, 0.3) is 0 Å². The molecule has 1 saturated heterocycles. The highest BCUT2D eigenvalue weighted by Crippen LogP contribution is 2.26. The molecule has 21 heavy (non-hydrogen) atoms. The van der Waals surface area contributed by atoms with Crippen molar-refractivity contribution in [1.82, 2.24) is 10.2 Å². The summed E-state index contributed by atoms with van der Waals surface area (Å²) in [6.45, 7) is 12.3. The second kappa shape index (κ2) is 7.94. The predicted molar refractivity (Wildman–Crippen MR) is 89.8 cm³/mol. The Labute approximate surface area is 131 Å². The van der Waals surface area contributed by atoms with Gasteiger partial charge in [-0.2, -0.15) is 0 Å². The van der Waals surface area contributed by atoms with Crippen molar-refractivity contribution in [3.63, 3.8) is 0 Å². The van der Waals surface area contributed by atoms with Gasteiger partial charge in [-0.25, -0.2) is 0 Å². The van der Waals surface area contributed by atoms with Crippen LogP contribution in [0.1, 0.15) is 72.6 Å². The van der Waals surface area contributed by atoms with Crippen LogP contribution in [0.15, 0.2) is 0 Å². The van der Waals surface area contributed by atoms with Crippen LogP contribution in [0.4, 0.5) is 0 Å². The minimum atomic E-state index is 0.193. The average molecular weight is 296 g/mol. The van der Waals surface area contributed by atoms with Crippen LogP contribution in [-0.2, 0) is 4.74 Å². The number of nitrogens with one attached hydrogen (secondary N) is 1. The van der Waals surface area contributed by atoms with Crippen molar-refractivity contribution < 1.29 is 4.74 Å². The fraction of sp³-hybridized carbons (Fsp3) is 1.00. The Morgan fingerprint density at radius 2 is 1.67 bits per heavy atom. The van der Waals surface area contributed by atoms with Gasteiger partial charge in [0.2, 0.25) is 0 Å². The standard InChI is InChI=1S/C18H36N2O/c1-5-20(15-9-7-6-8-10-15)14-17-12-11-16(21-17)13-19-18(2,3)4/h15-17,19H,5-14H2,1-4H3. The molecule has 1 aliphatic heterocycles. The van der Waals surface area contributed by atoms with Crippen molar-refractivity contribution in [1.29, 1.82) is 0 Å². The zero-order chi connectivity index (χ0) is 15.3. The van der Waals surface area contributed by atoms with Crippen LogP contribution >= 0.6 is 0 Å². The Bertz CT molecular complexity index is 294. The Balaban J connectivity index is 1.72. The molecule has 2 fully saturated rings. The van der Waals surface area contributed by atoms with Crippen molar-refractivity contribution in [3.8, 4) is 0 Å². The van der Waals surface area contributed by atoms with E-state index in [1.54, 1.807) is 0 Å². The smallest absolute Gasteiger partial charge is 0.0707 e. The van der Waals surface area contributed by atoms with Gasteiger partial charge in [-0.1, -0.05) is 26.2 Å². The van der Waals surface area contributed by atoms with E-state index in [0.29, 0.717) is 12.2 Å². The first-order chi connectivity index (χ1) is 9.98. The number of nitrogens with zero attached hydrogens (tertiary/aromatic N) is 1. The molecule has 0 aromatic heterocycles. The largest absolute Gasteiger partial charge is 0.372 e. The minimum absolute atomic E-state index is 0.193. The van der Waals surface area contributed by atoms with E-state index in [2.05, 4.69) is 37.9 Å². The van der Waals surface area contributed by atoms with E-state index >= 15 is 0 Å². The lowest BCUT2D eigenvalue weighted by Crippen LogP contribution is -2.43. The summed E-state index contributed by atoms with van der Waals surface area (Å²) in [5.74, 6) is 0. The fourth-order valence-corrected chi connectivity index (χ4v) is 3.73. The van der Waals surface area contributed by atoms with Gasteiger partial charge in [0.1, 0.15) is 0 Å². The van der Waals surface area contributed by atoms with E-state index in [9.17, 15) is 0 Å². The summed E-state index contributed by atoms with van der Waals surface area (Å²) >= 11 is 0. The number of likely N-dealkylation sites (N-methyl/N-ethyl adjacent to an activating group) is 1. The van der Waals surface area contributed by atoms with Gasteiger partial charge in [-0.15, -0.1) is 0 Å². The SMILES string of the molecule is CCN(CC1CCC(CNC(C)(C)C)O1)C1CCCCC1. The van der Waals surface area contributed by atoms with Gasteiger partial charge in [0.05, 0.1) is 12.2 Å². The molecule has 0 bridgehead atoms. The maximum Gasteiger partial charge on any atom is 0.0707 e. The maximum absolute atomic E-state index is 6.28. The highest BCUT2D eigenvalue weighted by atomic mass is 16.5. The Hall–Kier alpha value is -0.120. The molecule has 3 heteroatoms. The number of rotatable bonds is 6. The molecule has 0 spiro atoms. The topological polar surface area (TPSA) is 24.5 Å². The molecule has 0 radical (unpaired) electrons. The highest BCUT2D eigenvalue weighted by Gasteiger charge is 2.29. The fourth-order valence-electron chi connectivity index (χ4n) is 3.73. The van der Waals surface area contributed by atoms with Gasteiger partial charge in [-0.05, 0) is 53.0 Å². The summed E-state index contributed by atoms with van der Waals surface area (Å²) in [5, 5.41) is 3.58. The molecule has 124 valence electrons. The monoisotopic (exact) mass is 296 g/mol. The van der Waals surface area contributed by atoms with Gasteiger partial charge in [0, 0.05) is 24.7 Å². The molecule has 0 aromatic carbocycles. The van der Waals surface area contributed by atoms with Gasteiger partial charge in [0.25, 0.3) is 0 Å². The maximum atomic E-state index is 6.28. The quantitative estimate of drug-likeness (QED) is 0.811. The van der Waals surface area contributed by atoms with E-state index in [-0.39, 0.29) is 5.54 Å². The number of hydrogen-bond acceptors (Lipinski definition) is 3. The Morgan fingerprint density at radius 3 is 2.29 bits per heavy atom. The van der Waals surface area contributed by atoms with E-state index < -0.39 is 0 Å². The molecular formula is C18H36N2O. The zero-order valence-electron chi connectivity index (χ0n) is 14.7. The van der Waals surface area contributed by atoms with Gasteiger partial charge >= 0.3 is 0 Å². The zero-order valence-corrected chi connectivity index (χ0v) is 14.7. The number of hydrogen-bond donors (Lipinski definition) is 1. The summed E-state index contributed by atoms with van der Waals surface area (Å²) in [4.78, 5) is 2.68. The van der Waals surface area contributed by atoms with Crippen molar-refractivity contribution in [2.45, 2.75) is 96.4 Å². The third-order valence-corrected chi connectivity index (χ3v) is 4.99. The van der Waals surface area contributed by atoms with Crippen molar-refractivity contribution >= 4 is 0 Å². The van der Waals surface area contributed by atoms with E-state index in [1.807, 2.05) is 0 Å². The molecular weight excluding hydrogens is 260 g/mol. The first kappa shape index (κ1) is 17.2. The van der Waals surface area contributed by atoms with Crippen LogP contribution in [0.5, 0.6) is 0 Å². The molecule has 0 amide bonds. The third kappa shape index (κ3) is 5.88. The van der Waals surface area contributed by atoms with Gasteiger partial charge < -0.3 is 10.1 Å². The normalized spacial score (nSPS) is 28.4. The summed E-state index contributed by atoms with van der Waals surface area (Å²) in [5.41, 5.74) is 0.193. The lowest BCUT2D eigenvalue weighted by atomic mass is 9.94. The second-order valence-electron chi connectivity index (χ2n) is 7.97. The van der Waals surface area contributed by atoms with Crippen LogP contribution in [0, 0.1) is 0 Å². The van der Waals surface area contributed by atoms with Gasteiger partial charge in [0.15, 0.2) is 0 Å². The van der Waals surface area contributed by atoms with Crippen molar-refractivity contribution in [2.24, 2.45) is 0 Å². The lowest BCUT2D eigenvalue weighted by molar-refractivity contribution is 0.00943. The number of ether oxygens (including phenoxy) is 1.